The van der Waals surface area contributed by atoms with Crippen LogP contribution in [0.15, 0.2) is 12.7 Å². The number of carbonyl (C=O) groups excluding carboxylic acids is 1. The molecule has 0 unspecified atom stereocenters. The second kappa shape index (κ2) is 26.0. The first-order chi connectivity index (χ1) is 18.7. The predicted molar refractivity (Wildman–Crippen MR) is 171 cm³/mol. The van der Waals surface area contributed by atoms with Gasteiger partial charge in [0.25, 0.3) is 0 Å². The average Bonchev–Trinajstić information content (AvgIpc) is 2.86. The number of ether oxygens (including phenoxy) is 1. The van der Waals surface area contributed by atoms with Gasteiger partial charge in [-0.1, -0.05) is 89.5 Å². The van der Waals surface area contributed by atoms with E-state index in [2.05, 4.69) is 47.1 Å². The minimum absolute atomic E-state index is 0.234. The molecule has 0 heterocycles. The molecule has 0 aromatic rings. The molecule has 39 heavy (non-hydrogen) atoms. The van der Waals surface area contributed by atoms with Gasteiger partial charge in [0.1, 0.15) is 6.54 Å². The molecule has 1 N–H and O–H groups in total. The highest BCUT2D eigenvalue weighted by molar-refractivity contribution is 5.75. The number of unbranched alkanes of at least 4 members (excludes halogenated alkanes) is 17. The Morgan fingerprint density at radius 2 is 1.10 bits per heavy atom. The van der Waals surface area contributed by atoms with Crippen LogP contribution >= 0.6 is 0 Å². The normalized spacial score (nSPS) is 12.1. The largest absolute Gasteiger partial charge is 0.376 e. The summed E-state index contributed by atoms with van der Waals surface area (Å²) >= 11 is 0. The number of hydrogen-bond donors (Lipinski definition) is 1. The molecular formula is C34H71N3O2+2. The molecule has 0 radical (unpaired) electrons. The Balaban J connectivity index is 3.40. The fraction of sp³-hybridized carbons (Fsp3) is 0.912. The van der Waals surface area contributed by atoms with Crippen LogP contribution in [0.5, 0.6) is 0 Å². The fourth-order valence-electron chi connectivity index (χ4n) is 4.93. The molecular weight excluding hydrogens is 482 g/mol. The molecule has 0 fully saturated rings. The van der Waals surface area contributed by atoms with E-state index in [1.165, 1.54) is 116 Å². The lowest BCUT2D eigenvalue weighted by molar-refractivity contribution is -0.889. The molecule has 0 saturated carbocycles. The third-order valence-corrected chi connectivity index (χ3v) is 7.81. The maximum atomic E-state index is 12.1. The van der Waals surface area contributed by atoms with Crippen LogP contribution in [-0.4, -0.2) is 89.5 Å². The number of carbonyl (C=O) groups is 1. The highest BCUT2D eigenvalue weighted by Gasteiger charge is 2.14. The lowest BCUT2D eigenvalue weighted by Crippen LogP contribution is -2.45. The second-order valence-electron chi connectivity index (χ2n) is 13.6. The van der Waals surface area contributed by atoms with Crippen LogP contribution in [0.4, 0.5) is 0 Å². The van der Waals surface area contributed by atoms with Crippen LogP contribution in [0.2, 0.25) is 0 Å². The molecule has 5 nitrogen and oxygen atoms in total. The Hall–Kier alpha value is -0.910. The van der Waals surface area contributed by atoms with Gasteiger partial charge in [0.15, 0.2) is 0 Å². The number of quaternary nitrogens is 2. The molecule has 0 atom stereocenters. The zero-order chi connectivity index (χ0) is 29.1. The molecule has 0 bridgehead atoms. The summed E-state index contributed by atoms with van der Waals surface area (Å²) in [6, 6.07) is 0. The molecule has 0 aromatic carbocycles. The van der Waals surface area contributed by atoms with Gasteiger partial charge in [-0.3, -0.25) is 4.79 Å². The maximum Gasteiger partial charge on any atom is 0.220 e. The molecule has 1 amide bonds. The Morgan fingerprint density at radius 1 is 0.615 bits per heavy atom. The fourth-order valence-corrected chi connectivity index (χ4v) is 4.93. The third-order valence-electron chi connectivity index (χ3n) is 7.81. The molecule has 0 aliphatic heterocycles. The first-order valence-electron chi connectivity index (χ1n) is 16.7. The van der Waals surface area contributed by atoms with Crippen molar-refractivity contribution in [2.75, 3.05) is 74.6 Å². The molecule has 0 aliphatic carbocycles. The van der Waals surface area contributed by atoms with Gasteiger partial charge < -0.3 is 19.0 Å². The van der Waals surface area contributed by atoms with E-state index in [4.69, 9.17) is 4.74 Å². The Labute approximate surface area is 245 Å². The number of likely N-dealkylation sites (N-methyl/N-ethyl adjacent to an activating group) is 2. The molecule has 0 aliphatic rings. The summed E-state index contributed by atoms with van der Waals surface area (Å²) in [6.45, 7) is 9.73. The van der Waals surface area contributed by atoms with E-state index in [0.29, 0.717) is 6.42 Å². The second-order valence-corrected chi connectivity index (χ2v) is 13.6. The van der Waals surface area contributed by atoms with E-state index in [1.807, 2.05) is 6.08 Å². The highest BCUT2D eigenvalue weighted by atomic mass is 16.5. The van der Waals surface area contributed by atoms with Crippen LogP contribution in [-0.2, 0) is 9.53 Å². The van der Waals surface area contributed by atoms with E-state index >= 15 is 0 Å². The summed E-state index contributed by atoms with van der Waals surface area (Å²) in [7, 11) is 11.3. The van der Waals surface area contributed by atoms with Gasteiger partial charge in [0.2, 0.25) is 5.91 Å². The number of amides is 1. The SMILES string of the molecule is C=CCCCCCCCCC(=O)NCC[N+](C)(C)CCCCCCCCCCCCCCOCC[N+](C)(C)C. The lowest BCUT2D eigenvalue weighted by atomic mass is 10.1. The van der Waals surface area contributed by atoms with Crippen LogP contribution in [0, 0.1) is 0 Å². The third kappa shape index (κ3) is 31.5. The van der Waals surface area contributed by atoms with Crippen molar-refractivity contribution in [1.29, 1.82) is 0 Å². The van der Waals surface area contributed by atoms with Crippen molar-refractivity contribution in [3.8, 4) is 0 Å². The molecule has 0 rings (SSSR count). The molecule has 0 spiro atoms. The van der Waals surface area contributed by atoms with Gasteiger partial charge in [-0.15, -0.1) is 6.58 Å². The number of rotatable bonds is 30. The van der Waals surface area contributed by atoms with Gasteiger partial charge in [-0.05, 0) is 38.5 Å². The van der Waals surface area contributed by atoms with E-state index in [0.717, 1.165) is 54.7 Å². The molecule has 0 saturated heterocycles. The number of hydrogen-bond acceptors (Lipinski definition) is 2. The average molecular weight is 554 g/mol. The molecule has 232 valence electrons. The summed E-state index contributed by atoms with van der Waals surface area (Å²) in [5, 5.41) is 3.15. The first-order valence-corrected chi connectivity index (χ1v) is 16.7. The van der Waals surface area contributed by atoms with Crippen molar-refractivity contribution < 1.29 is 18.5 Å². The quantitative estimate of drug-likeness (QED) is 0.0558. The number of allylic oxidation sites excluding steroid dienone is 1. The van der Waals surface area contributed by atoms with Gasteiger partial charge in [0.05, 0.1) is 61.5 Å². The predicted octanol–water partition coefficient (Wildman–Crippen LogP) is 7.89. The van der Waals surface area contributed by atoms with Gasteiger partial charge >= 0.3 is 0 Å². The van der Waals surface area contributed by atoms with E-state index in [1.54, 1.807) is 0 Å². The van der Waals surface area contributed by atoms with Gasteiger partial charge in [0, 0.05) is 13.0 Å². The zero-order valence-corrected chi connectivity index (χ0v) is 27.4. The highest BCUT2D eigenvalue weighted by Crippen LogP contribution is 2.13. The van der Waals surface area contributed by atoms with Crippen LogP contribution in [0.25, 0.3) is 0 Å². The van der Waals surface area contributed by atoms with Crippen molar-refractivity contribution in [3.05, 3.63) is 12.7 Å². The van der Waals surface area contributed by atoms with Crippen LogP contribution < -0.4 is 5.32 Å². The first kappa shape index (κ1) is 38.1. The van der Waals surface area contributed by atoms with Crippen LogP contribution in [0.3, 0.4) is 0 Å². The minimum Gasteiger partial charge on any atom is -0.376 e. The summed E-state index contributed by atoms with van der Waals surface area (Å²) < 4.78 is 7.74. The number of nitrogens with zero attached hydrogens (tertiary/aromatic N) is 2. The van der Waals surface area contributed by atoms with Crippen molar-refractivity contribution >= 4 is 5.91 Å². The number of nitrogens with one attached hydrogen (secondary N) is 1. The Bertz CT molecular complexity index is 557. The summed E-state index contributed by atoms with van der Waals surface area (Å²) in [5.74, 6) is 0.234. The smallest absolute Gasteiger partial charge is 0.220 e. The van der Waals surface area contributed by atoms with E-state index in [9.17, 15) is 4.79 Å². The van der Waals surface area contributed by atoms with Crippen molar-refractivity contribution in [2.24, 2.45) is 0 Å². The molecule has 0 aromatic heterocycles. The summed E-state index contributed by atoms with van der Waals surface area (Å²) in [5.41, 5.74) is 0. The summed E-state index contributed by atoms with van der Waals surface area (Å²) in [4.78, 5) is 12.1. The summed E-state index contributed by atoms with van der Waals surface area (Å²) in [6.07, 6.45) is 27.5. The topological polar surface area (TPSA) is 38.3 Å². The van der Waals surface area contributed by atoms with E-state index < -0.39 is 0 Å². The van der Waals surface area contributed by atoms with Crippen molar-refractivity contribution in [3.63, 3.8) is 0 Å². The van der Waals surface area contributed by atoms with Gasteiger partial charge in [-0.25, -0.2) is 0 Å². The monoisotopic (exact) mass is 554 g/mol. The van der Waals surface area contributed by atoms with E-state index in [-0.39, 0.29) is 5.91 Å². The zero-order valence-electron chi connectivity index (χ0n) is 27.4. The lowest BCUT2D eigenvalue weighted by Gasteiger charge is -2.30. The standard InChI is InChI=1S/C34H70N3O2/c1-7-8-9-10-11-18-21-24-27-34(38)35-28-30-37(5,6)29-25-22-19-16-14-12-13-15-17-20-23-26-32-39-33-31-36(2,3)4/h7H,1,8-33H2,2-6H3/q+1/p+1. The van der Waals surface area contributed by atoms with Crippen LogP contribution in [0.1, 0.15) is 128 Å². The molecule has 5 heteroatoms. The van der Waals surface area contributed by atoms with Gasteiger partial charge in [-0.2, -0.15) is 0 Å². The Morgan fingerprint density at radius 3 is 1.64 bits per heavy atom. The van der Waals surface area contributed by atoms with Crippen molar-refractivity contribution in [2.45, 2.75) is 128 Å². The minimum atomic E-state index is 0.234. The Kier molecular flexibility index (Phi) is 25.4. The maximum absolute atomic E-state index is 12.1. The van der Waals surface area contributed by atoms with Crippen molar-refractivity contribution in [1.82, 2.24) is 5.32 Å².